The molecule has 1 aliphatic carbocycles. The summed E-state index contributed by atoms with van der Waals surface area (Å²) in [4.78, 5) is 0. The van der Waals surface area contributed by atoms with Crippen molar-refractivity contribution in [2.75, 3.05) is 5.73 Å². The molecule has 0 radical (unpaired) electrons. The second-order valence-electron chi connectivity index (χ2n) is 5.04. The van der Waals surface area contributed by atoms with E-state index in [0.29, 0.717) is 12.8 Å². The zero-order valence-corrected chi connectivity index (χ0v) is 10.2. The first kappa shape index (κ1) is 11.2. The van der Waals surface area contributed by atoms with Crippen molar-refractivity contribution < 1.29 is 5.11 Å². The third kappa shape index (κ3) is 1.51. The first-order chi connectivity index (χ1) is 8.62. The lowest BCUT2D eigenvalue weighted by Crippen LogP contribution is -2.47. The average Bonchev–Trinajstić information content (AvgIpc) is 2.71. The monoisotopic (exact) mass is 244 g/mol. The highest BCUT2D eigenvalue weighted by molar-refractivity contribution is 5.47. The summed E-state index contributed by atoms with van der Waals surface area (Å²) in [6, 6.07) is 7.80. The van der Waals surface area contributed by atoms with Crippen LogP contribution in [-0.4, -0.2) is 26.0 Å². The van der Waals surface area contributed by atoms with Gasteiger partial charge in [-0.3, -0.25) is 0 Å². The van der Waals surface area contributed by atoms with E-state index in [1.807, 2.05) is 35.9 Å². The van der Waals surface area contributed by atoms with Crippen LogP contribution in [0.25, 0.3) is 0 Å². The van der Waals surface area contributed by atoms with E-state index in [1.165, 1.54) is 0 Å². The molecule has 0 unspecified atom stereocenters. The molecular weight excluding hydrogens is 228 g/mol. The topological polar surface area (TPSA) is 77.0 Å². The molecule has 0 atom stereocenters. The van der Waals surface area contributed by atoms with Crippen molar-refractivity contribution in [2.45, 2.75) is 24.4 Å². The lowest BCUT2D eigenvalue weighted by Gasteiger charge is -2.44. The molecule has 5 heteroatoms. The molecule has 3 N–H and O–H groups in total. The number of anilines is 1. The number of hydrogen-bond acceptors (Lipinski definition) is 4. The van der Waals surface area contributed by atoms with E-state index in [0.717, 1.165) is 17.1 Å². The molecule has 1 aromatic heterocycles. The molecule has 0 spiro atoms. The highest BCUT2D eigenvalue weighted by Gasteiger charge is 2.49. The Morgan fingerprint density at radius 2 is 2.22 bits per heavy atom. The number of aromatic nitrogens is 3. The van der Waals surface area contributed by atoms with E-state index in [4.69, 9.17) is 5.73 Å². The number of aryl methyl sites for hydroxylation is 1. The molecule has 5 nitrogen and oxygen atoms in total. The third-order valence-corrected chi connectivity index (χ3v) is 3.75. The van der Waals surface area contributed by atoms with Gasteiger partial charge in [0.1, 0.15) is 12.2 Å². The molecular formula is C13H16N4O. The molecule has 1 saturated carbocycles. The highest BCUT2D eigenvalue weighted by atomic mass is 16.3. The summed E-state index contributed by atoms with van der Waals surface area (Å²) in [6.07, 6.45) is 2.75. The number of hydrogen-bond donors (Lipinski definition) is 2. The van der Waals surface area contributed by atoms with Crippen molar-refractivity contribution in [1.82, 2.24) is 14.8 Å². The van der Waals surface area contributed by atoms with E-state index < -0.39 is 0 Å². The zero-order valence-electron chi connectivity index (χ0n) is 10.2. The van der Waals surface area contributed by atoms with Gasteiger partial charge in [0, 0.05) is 12.7 Å². The molecule has 1 aliphatic rings. The Bertz CT molecular complexity index is 572. The van der Waals surface area contributed by atoms with Crippen molar-refractivity contribution in [3.05, 3.63) is 42.0 Å². The quantitative estimate of drug-likeness (QED) is 0.767. The summed E-state index contributed by atoms with van der Waals surface area (Å²) in [6.45, 7) is 0. The zero-order chi connectivity index (χ0) is 12.8. The minimum Gasteiger partial charge on any atom is -0.399 e. The first-order valence-electron chi connectivity index (χ1n) is 6.00. The van der Waals surface area contributed by atoms with Gasteiger partial charge >= 0.3 is 0 Å². The van der Waals surface area contributed by atoms with Crippen molar-refractivity contribution in [3.63, 3.8) is 0 Å². The smallest absolute Gasteiger partial charge is 0.143 e. The molecule has 1 fully saturated rings. The Balaban J connectivity index is 2.11. The van der Waals surface area contributed by atoms with E-state index in [2.05, 4.69) is 10.2 Å². The number of aliphatic hydroxyl groups excluding tert-OH is 1. The van der Waals surface area contributed by atoms with Gasteiger partial charge < -0.3 is 15.4 Å². The second kappa shape index (κ2) is 3.81. The number of benzene rings is 1. The fraction of sp³-hybridized carbons (Fsp3) is 0.385. The lowest BCUT2D eigenvalue weighted by molar-refractivity contribution is 0.0323. The van der Waals surface area contributed by atoms with Crippen LogP contribution in [0.4, 0.5) is 5.69 Å². The van der Waals surface area contributed by atoms with E-state index >= 15 is 0 Å². The first-order valence-corrected chi connectivity index (χ1v) is 6.00. The van der Waals surface area contributed by atoms with Gasteiger partial charge in [-0.1, -0.05) is 12.1 Å². The molecule has 0 bridgehead atoms. The predicted octanol–water partition coefficient (Wildman–Crippen LogP) is 0.838. The maximum Gasteiger partial charge on any atom is 0.143 e. The van der Waals surface area contributed by atoms with Gasteiger partial charge in [0.05, 0.1) is 11.5 Å². The van der Waals surface area contributed by atoms with Crippen molar-refractivity contribution in [3.8, 4) is 0 Å². The summed E-state index contributed by atoms with van der Waals surface area (Å²) in [5, 5.41) is 17.9. The van der Waals surface area contributed by atoms with E-state index in [1.54, 1.807) is 6.33 Å². The van der Waals surface area contributed by atoms with Crippen LogP contribution in [0.2, 0.25) is 0 Å². The van der Waals surface area contributed by atoms with Gasteiger partial charge in [0.15, 0.2) is 0 Å². The number of aliphatic hydroxyl groups is 1. The van der Waals surface area contributed by atoms with Crippen LogP contribution in [-0.2, 0) is 12.5 Å². The molecule has 94 valence electrons. The number of nitrogen functional groups attached to an aromatic ring is 1. The van der Waals surface area contributed by atoms with Gasteiger partial charge in [0.25, 0.3) is 0 Å². The van der Waals surface area contributed by atoms with E-state index in [-0.39, 0.29) is 11.5 Å². The van der Waals surface area contributed by atoms with Crippen molar-refractivity contribution in [2.24, 2.45) is 7.05 Å². The van der Waals surface area contributed by atoms with Gasteiger partial charge in [-0.05, 0) is 30.5 Å². The Morgan fingerprint density at radius 3 is 2.78 bits per heavy atom. The van der Waals surface area contributed by atoms with Crippen LogP contribution in [0.5, 0.6) is 0 Å². The van der Waals surface area contributed by atoms with Gasteiger partial charge in [-0.2, -0.15) is 0 Å². The summed E-state index contributed by atoms with van der Waals surface area (Å²) < 4.78 is 1.91. The Kier molecular flexibility index (Phi) is 2.38. The van der Waals surface area contributed by atoms with Crippen LogP contribution in [0.15, 0.2) is 30.6 Å². The number of rotatable bonds is 2. The Hall–Kier alpha value is -1.88. The van der Waals surface area contributed by atoms with Crippen molar-refractivity contribution in [1.29, 1.82) is 0 Å². The lowest BCUT2D eigenvalue weighted by atomic mass is 9.62. The second-order valence-corrected chi connectivity index (χ2v) is 5.04. The number of nitrogens with two attached hydrogens (primary N) is 1. The maximum atomic E-state index is 9.72. The van der Waals surface area contributed by atoms with Crippen LogP contribution in [0.1, 0.15) is 24.2 Å². The molecule has 1 heterocycles. The summed E-state index contributed by atoms with van der Waals surface area (Å²) in [5.41, 5.74) is 7.44. The van der Waals surface area contributed by atoms with Crippen LogP contribution in [0, 0.1) is 0 Å². The highest BCUT2D eigenvalue weighted by Crippen LogP contribution is 2.48. The van der Waals surface area contributed by atoms with Gasteiger partial charge in [0.2, 0.25) is 0 Å². The fourth-order valence-electron chi connectivity index (χ4n) is 2.84. The van der Waals surface area contributed by atoms with E-state index in [9.17, 15) is 5.11 Å². The van der Waals surface area contributed by atoms with Crippen LogP contribution >= 0.6 is 0 Å². The Morgan fingerprint density at radius 1 is 1.44 bits per heavy atom. The molecule has 2 aromatic rings. The number of nitrogens with zero attached hydrogens (tertiary/aromatic N) is 3. The summed E-state index contributed by atoms with van der Waals surface area (Å²) in [5.74, 6) is 0.887. The Labute approximate surface area is 105 Å². The predicted molar refractivity (Wildman–Crippen MR) is 67.9 cm³/mol. The van der Waals surface area contributed by atoms with Gasteiger partial charge in [-0.15, -0.1) is 10.2 Å². The largest absolute Gasteiger partial charge is 0.399 e. The standard InChI is InChI=1S/C13H16N4O/c1-17-8-15-16-12(17)13(6-11(18)7-13)9-3-2-4-10(14)5-9/h2-5,8,11,18H,6-7,14H2,1H3/t11-,13+. The summed E-state index contributed by atoms with van der Waals surface area (Å²) >= 11 is 0. The molecule has 18 heavy (non-hydrogen) atoms. The molecule has 3 rings (SSSR count). The molecule has 0 saturated heterocycles. The minimum absolute atomic E-state index is 0.250. The molecule has 0 aliphatic heterocycles. The van der Waals surface area contributed by atoms with Gasteiger partial charge in [-0.25, -0.2) is 0 Å². The average molecular weight is 244 g/mol. The minimum atomic E-state index is -0.275. The normalized spacial score (nSPS) is 26.9. The SMILES string of the molecule is Cn1cnnc1[C@]1(c2cccc(N)c2)C[C@H](O)C1. The summed E-state index contributed by atoms with van der Waals surface area (Å²) in [7, 11) is 1.92. The third-order valence-electron chi connectivity index (χ3n) is 3.75. The van der Waals surface area contributed by atoms with Crippen LogP contribution < -0.4 is 5.73 Å². The molecule has 0 amide bonds. The maximum absolute atomic E-state index is 9.72. The van der Waals surface area contributed by atoms with Crippen molar-refractivity contribution >= 4 is 5.69 Å². The van der Waals surface area contributed by atoms with Crippen LogP contribution in [0.3, 0.4) is 0 Å². The molecule has 1 aromatic carbocycles. The fourth-order valence-corrected chi connectivity index (χ4v) is 2.84.